The molecule has 0 spiro atoms. The molecular weight excluding hydrogens is 250 g/mol. The van der Waals surface area contributed by atoms with Crippen LogP contribution in [0.5, 0.6) is 0 Å². The Bertz CT molecular complexity index is 475. The fourth-order valence-corrected chi connectivity index (χ4v) is 2.27. The molecule has 3 nitrogen and oxygen atoms in total. The van der Waals surface area contributed by atoms with Crippen molar-refractivity contribution in [3.8, 4) is 0 Å². The van der Waals surface area contributed by atoms with Gasteiger partial charge in [-0.2, -0.15) is 0 Å². The van der Waals surface area contributed by atoms with E-state index >= 15 is 0 Å². The SMILES string of the molecule is Cc1ccc(C(=O)NC2CCC(=O)CC2)cc1Cl. The smallest absolute Gasteiger partial charge is 0.251 e. The number of aryl methyl sites for hydroxylation is 1. The van der Waals surface area contributed by atoms with Crippen LogP contribution in [-0.4, -0.2) is 17.7 Å². The van der Waals surface area contributed by atoms with Crippen LogP contribution >= 0.6 is 11.6 Å². The van der Waals surface area contributed by atoms with Gasteiger partial charge in [0.2, 0.25) is 0 Å². The van der Waals surface area contributed by atoms with Gasteiger partial charge in [-0.25, -0.2) is 0 Å². The minimum Gasteiger partial charge on any atom is -0.349 e. The van der Waals surface area contributed by atoms with Crippen LogP contribution in [-0.2, 0) is 4.79 Å². The first kappa shape index (κ1) is 13.1. The minimum absolute atomic E-state index is 0.107. The maximum Gasteiger partial charge on any atom is 0.251 e. The van der Waals surface area contributed by atoms with Gasteiger partial charge in [-0.05, 0) is 37.5 Å². The molecule has 1 aromatic carbocycles. The molecule has 0 aromatic heterocycles. The Morgan fingerprint density at radius 1 is 1.33 bits per heavy atom. The molecule has 0 radical (unpaired) electrons. The molecule has 1 fully saturated rings. The molecule has 1 N–H and O–H groups in total. The predicted octanol–water partition coefficient (Wildman–Crippen LogP) is 2.89. The molecule has 0 aliphatic heterocycles. The van der Waals surface area contributed by atoms with E-state index in [1.165, 1.54) is 0 Å². The second-order valence-electron chi connectivity index (χ2n) is 4.75. The predicted molar refractivity (Wildman–Crippen MR) is 70.9 cm³/mol. The average molecular weight is 266 g/mol. The van der Waals surface area contributed by atoms with Gasteiger partial charge in [-0.15, -0.1) is 0 Å². The highest BCUT2D eigenvalue weighted by Gasteiger charge is 2.20. The van der Waals surface area contributed by atoms with Crippen molar-refractivity contribution in [1.29, 1.82) is 0 Å². The summed E-state index contributed by atoms with van der Waals surface area (Å²) in [5.74, 6) is 0.176. The quantitative estimate of drug-likeness (QED) is 0.894. The van der Waals surface area contributed by atoms with Crippen LogP contribution in [0.1, 0.15) is 41.6 Å². The summed E-state index contributed by atoms with van der Waals surface area (Å²) in [5.41, 5.74) is 1.53. The number of nitrogens with one attached hydrogen (secondary N) is 1. The van der Waals surface area contributed by atoms with Crippen molar-refractivity contribution >= 4 is 23.3 Å². The number of carbonyl (C=O) groups is 2. The summed E-state index contributed by atoms with van der Waals surface area (Å²) in [4.78, 5) is 23.1. The largest absolute Gasteiger partial charge is 0.349 e. The van der Waals surface area contributed by atoms with E-state index in [4.69, 9.17) is 11.6 Å². The van der Waals surface area contributed by atoms with E-state index in [0.717, 1.165) is 18.4 Å². The molecule has 1 aliphatic carbocycles. The topological polar surface area (TPSA) is 46.2 Å². The Morgan fingerprint density at radius 2 is 2.00 bits per heavy atom. The number of rotatable bonds is 2. The summed E-state index contributed by atoms with van der Waals surface area (Å²) in [6.07, 6.45) is 2.62. The van der Waals surface area contributed by atoms with Gasteiger partial charge in [0.25, 0.3) is 5.91 Å². The molecule has 4 heteroatoms. The second-order valence-corrected chi connectivity index (χ2v) is 5.16. The van der Waals surface area contributed by atoms with Crippen molar-refractivity contribution in [3.63, 3.8) is 0 Å². The van der Waals surface area contributed by atoms with Crippen LogP contribution in [0.15, 0.2) is 18.2 Å². The number of carbonyl (C=O) groups excluding carboxylic acids is 2. The molecule has 18 heavy (non-hydrogen) atoms. The number of amides is 1. The lowest BCUT2D eigenvalue weighted by Gasteiger charge is -2.22. The number of hydrogen-bond acceptors (Lipinski definition) is 2. The zero-order valence-corrected chi connectivity index (χ0v) is 11.1. The van der Waals surface area contributed by atoms with E-state index in [1.807, 2.05) is 13.0 Å². The molecular formula is C14H16ClNO2. The van der Waals surface area contributed by atoms with Crippen molar-refractivity contribution in [1.82, 2.24) is 5.32 Å². The Kier molecular flexibility index (Phi) is 4.02. The highest BCUT2D eigenvalue weighted by molar-refractivity contribution is 6.31. The van der Waals surface area contributed by atoms with Gasteiger partial charge in [0, 0.05) is 29.5 Å². The third-order valence-electron chi connectivity index (χ3n) is 3.31. The first-order chi connectivity index (χ1) is 8.56. The van der Waals surface area contributed by atoms with Crippen LogP contribution in [0.3, 0.4) is 0 Å². The molecule has 1 aliphatic rings. The number of Topliss-reactive ketones (excluding diaryl/α,β-unsaturated/α-hetero) is 1. The van der Waals surface area contributed by atoms with E-state index in [-0.39, 0.29) is 11.9 Å². The normalized spacial score (nSPS) is 16.7. The Balaban J connectivity index is 1.99. The highest BCUT2D eigenvalue weighted by atomic mass is 35.5. The summed E-state index contributed by atoms with van der Waals surface area (Å²) in [5, 5.41) is 3.55. The van der Waals surface area contributed by atoms with E-state index in [1.54, 1.807) is 12.1 Å². The number of benzene rings is 1. The van der Waals surface area contributed by atoms with Crippen molar-refractivity contribution in [2.75, 3.05) is 0 Å². The minimum atomic E-state index is -0.115. The molecule has 2 rings (SSSR count). The monoisotopic (exact) mass is 265 g/mol. The summed E-state index contributed by atoms with van der Waals surface area (Å²) in [7, 11) is 0. The van der Waals surface area contributed by atoms with Crippen LogP contribution in [0.4, 0.5) is 0 Å². The second kappa shape index (κ2) is 5.53. The lowest BCUT2D eigenvalue weighted by atomic mass is 9.94. The molecule has 1 amide bonds. The third kappa shape index (κ3) is 3.10. The Labute approximate surface area is 112 Å². The van der Waals surface area contributed by atoms with E-state index in [2.05, 4.69) is 5.32 Å². The summed E-state index contributed by atoms with van der Waals surface area (Å²) in [6.45, 7) is 1.90. The lowest BCUT2D eigenvalue weighted by molar-refractivity contribution is -0.120. The first-order valence-electron chi connectivity index (χ1n) is 6.15. The van der Waals surface area contributed by atoms with Crippen LogP contribution in [0.25, 0.3) is 0 Å². The molecule has 1 aromatic rings. The van der Waals surface area contributed by atoms with Gasteiger partial charge < -0.3 is 5.32 Å². The van der Waals surface area contributed by atoms with Gasteiger partial charge in [0.15, 0.2) is 0 Å². The van der Waals surface area contributed by atoms with Crippen molar-refractivity contribution < 1.29 is 9.59 Å². The molecule has 0 atom stereocenters. The van der Waals surface area contributed by atoms with Gasteiger partial charge in [-0.1, -0.05) is 17.7 Å². The molecule has 96 valence electrons. The number of ketones is 1. The Hall–Kier alpha value is -1.35. The van der Waals surface area contributed by atoms with Crippen LogP contribution in [0.2, 0.25) is 5.02 Å². The zero-order valence-electron chi connectivity index (χ0n) is 10.3. The number of halogens is 1. The molecule has 0 saturated heterocycles. The fraction of sp³-hybridized carbons (Fsp3) is 0.429. The third-order valence-corrected chi connectivity index (χ3v) is 3.72. The summed E-state index contributed by atoms with van der Waals surface area (Å²) >= 11 is 6.00. The van der Waals surface area contributed by atoms with Crippen molar-refractivity contribution in [2.45, 2.75) is 38.6 Å². The molecule has 1 saturated carbocycles. The lowest BCUT2D eigenvalue weighted by Crippen LogP contribution is -2.37. The fourth-order valence-electron chi connectivity index (χ4n) is 2.09. The molecule has 0 unspecified atom stereocenters. The van der Waals surface area contributed by atoms with E-state index in [0.29, 0.717) is 29.2 Å². The number of hydrogen-bond donors (Lipinski definition) is 1. The summed E-state index contributed by atoms with van der Waals surface area (Å²) < 4.78 is 0. The van der Waals surface area contributed by atoms with E-state index < -0.39 is 0 Å². The maximum absolute atomic E-state index is 12.0. The summed E-state index contributed by atoms with van der Waals surface area (Å²) in [6, 6.07) is 5.39. The van der Waals surface area contributed by atoms with Gasteiger partial charge in [0.05, 0.1) is 0 Å². The maximum atomic E-state index is 12.0. The van der Waals surface area contributed by atoms with Crippen molar-refractivity contribution in [3.05, 3.63) is 34.3 Å². The van der Waals surface area contributed by atoms with Gasteiger partial charge in [0.1, 0.15) is 5.78 Å². The Morgan fingerprint density at radius 3 is 2.61 bits per heavy atom. The van der Waals surface area contributed by atoms with E-state index in [9.17, 15) is 9.59 Å². The molecule has 0 bridgehead atoms. The molecule has 0 heterocycles. The first-order valence-corrected chi connectivity index (χ1v) is 6.53. The average Bonchev–Trinajstić information content (AvgIpc) is 2.35. The van der Waals surface area contributed by atoms with Crippen LogP contribution in [0, 0.1) is 6.92 Å². The van der Waals surface area contributed by atoms with Crippen molar-refractivity contribution in [2.24, 2.45) is 0 Å². The standard InChI is InChI=1S/C14H16ClNO2/c1-9-2-3-10(8-13(9)15)14(18)16-11-4-6-12(17)7-5-11/h2-3,8,11H,4-7H2,1H3,(H,16,18). The van der Waals surface area contributed by atoms with Gasteiger partial charge >= 0.3 is 0 Å². The highest BCUT2D eigenvalue weighted by Crippen LogP contribution is 2.18. The van der Waals surface area contributed by atoms with Gasteiger partial charge in [-0.3, -0.25) is 9.59 Å². The zero-order chi connectivity index (χ0) is 13.1. The van der Waals surface area contributed by atoms with Crippen LogP contribution < -0.4 is 5.32 Å².